The minimum absolute atomic E-state index is 0.0226. The minimum Gasteiger partial charge on any atom is -0.376 e. The Labute approximate surface area is 103 Å². The summed E-state index contributed by atoms with van der Waals surface area (Å²) in [5.74, 6) is -0.336. The Kier molecular flexibility index (Phi) is 3.52. The second kappa shape index (κ2) is 5.09. The molecular formula is C11H13N3O4. The van der Waals surface area contributed by atoms with Gasteiger partial charge >= 0.3 is 0 Å². The third-order valence-electron chi connectivity index (χ3n) is 2.62. The fourth-order valence-electron chi connectivity index (χ4n) is 1.59. The average Bonchev–Trinajstić information content (AvgIpc) is 3.08. The largest absolute Gasteiger partial charge is 0.376 e. The molecular weight excluding hydrogens is 238 g/mol. The first-order valence-electron chi connectivity index (χ1n) is 5.64. The maximum atomic E-state index is 11.7. The molecule has 1 aliphatic rings. The number of hydrogen-bond donors (Lipinski definition) is 1. The summed E-state index contributed by atoms with van der Waals surface area (Å²) < 4.78 is 5.33. The highest BCUT2D eigenvalue weighted by atomic mass is 16.6. The summed E-state index contributed by atoms with van der Waals surface area (Å²) in [5, 5.41) is 13.2. The highest BCUT2D eigenvalue weighted by Gasteiger charge is 2.39. The first-order valence-corrected chi connectivity index (χ1v) is 5.64. The number of nitrogens with one attached hydrogen (secondary N) is 1. The van der Waals surface area contributed by atoms with Gasteiger partial charge in [-0.25, -0.2) is 4.98 Å². The van der Waals surface area contributed by atoms with E-state index in [1.165, 1.54) is 12.1 Å². The molecule has 0 bridgehead atoms. The van der Waals surface area contributed by atoms with Gasteiger partial charge in [0, 0.05) is 12.7 Å². The number of carbonyl (C=O) groups is 1. The van der Waals surface area contributed by atoms with Gasteiger partial charge in [0.1, 0.15) is 11.9 Å². The van der Waals surface area contributed by atoms with Crippen molar-refractivity contribution in [3.63, 3.8) is 0 Å². The SMILES string of the molecule is CCO[C@@H]1C[C@@H]1NC(=O)c1ccc([N+](=O)[O-])cn1. The van der Waals surface area contributed by atoms with E-state index in [0.717, 1.165) is 12.6 Å². The molecule has 7 heteroatoms. The van der Waals surface area contributed by atoms with Crippen molar-refractivity contribution in [1.82, 2.24) is 10.3 Å². The normalized spacial score (nSPS) is 21.4. The summed E-state index contributed by atoms with van der Waals surface area (Å²) in [7, 11) is 0. The molecule has 18 heavy (non-hydrogen) atoms. The van der Waals surface area contributed by atoms with Crippen LogP contribution in [0.1, 0.15) is 23.8 Å². The maximum absolute atomic E-state index is 11.7. The van der Waals surface area contributed by atoms with E-state index in [4.69, 9.17) is 4.74 Å². The third kappa shape index (κ3) is 2.80. The van der Waals surface area contributed by atoms with Crippen molar-refractivity contribution < 1.29 is 14.5 Å². The highest BCUT2D eigenvalue weighted by Crippen LogP contribution is 2.25. The molecule has 7 nitrogen and oxygen atoms in total. The molecule has 0 radical (unpaired) electrons. The molecule has 96 valence electrons. The second-order valence-corrected chi connectivity index (χ2v) is 3.97. The number of hydrogen-bond acceptors (Lipinski definition) is 5. The molecule has 1 aliphatic carbocycles. The molecule has 0 aromatic carbocycles. The smallest absolute Gasteiger partial charge is 0.287 e. The van der Waals surface area contributed by atoms with Crippen molar-refractivity contribution in [2.45, 2.75) is 25.5 Å². The Morgan fingerprint density at radius 3 is 3.00 bits per heavy atom. The topological polar surface area (TPSA) is 94.4 Å². The lowest BCUT2D eigenvalue weighted by Crippen LogP contribution is -2.29. The number of ether oxygens (including phenoxy) is 1. The number of rotatable bonds is 5. The van der Waals surface area contributed by atoms with Crippen molar-refractivity contribution in [2.24, 2.45) is 0 Å². The molecule has 0 aliphatic heterocycles. The van der Waals surface area contributed by atoms with E-state index < -0.39 is 4.92 Å². The number of pyridine rings is 1. The van der Waals surface area contributed by atoms with E-state index in [-0.39, 0.29) is 29.4 Å². The van der Waals surface area contributed by atoms with Crippen LogP contribution in [-0.2, 0) is 4.74 Å². The van der Waals surface area contributed by atoms with E-state index in [1.807, 2.05) is 6.92 Å². The van der Waals surface area contributed by atoms with Crippen LogP contribution < -0.4 is 5.32 Å². The van der Waals surface area contributed by atoms with Crippen molar-refractivity contribution in [3.8, 4) is 0 Å². The van der Waals surface area contributed by atoms with Gasteiger partial charge in [0.25, 0.3) is 11.6 Å². The Balaban J connectivity index is 1.91. The Hall–Kier alpha value is -2.02. The summed E-state index contributed by atoms with van der Waals surface area (Å²) in [6.45, 7) is 2.52. The summed E-state index contributed by atoms with van der Waals surface area (Å²) in [5.41, 5.74) is 0.0351. The van der Waals surface area contributed by atoms with Crippen LogP contribution in [0.2, 0.25) is 0 Å². The van der Waals surface area contributed by atoms with Gasteiger partial charge in [-0.1, -0.05) is 0 Å². The van der Waals surface area contributed by atoms with Crippen LogP contribution in [0.5, 0.6) is 0 Å². The van der Waals surface area contributed by atoms with E-state index >= 15 is 0 Å². The van der Waals surface area contributed by atoms with E-state index in [2.05, 4.69) is 10.3 Å². The standard InChI is InChI=1S/C11H13N3O4/c1-2-18-10-5-9(10)13-11(15)8-4-3-7(6-12-8)14(16)17/h3-4,6,9-10H,2,5H2,1H3,(H,13,15)/t9-,10+/m0/s1. The third-order valence-corrected chi connectivity index (χ3v) is 2.62. The van der Waals surface area contributed by atoms with Crippen molar-refractivity contribution in [3.05, 3.63) is 34.1 Å². The van der Waals surface area contributed by atoms with Crippen molar-refractivity contribution >= 4 is 11.6 Å². The fourth-order valence-corrected chi connectivity index (χ4v) is 1.59. The lowest BCUT2D eigenvalue weighted by Gasteiger charge is -2.03. The van der Waals surface area contributed by atoms with E-state index in [9.17, 15) is 14.9 Å². The molecule has 2 rings (SSSR count). The molecule has 1 aromatic heterocycles. The number of nitrogens with zero attached hydrogens (tertiary/aromatic N) is 2. The Bertz CT molecular complexity index is 460. The van der Waals surface area contributed by atoms with Gasteiger partial charge in [-0.2, -0.15) is 0 Å². The lowest BCUT2D eigenvalue weighted by atomic mass is 10.3. The summed E-state index contributed by atoms with van der Waals surface area (Å²) in [6.07, 6.45) is 1.95. The number of amides is 1. The monoisotopic (exact) mass is 251 g/mol. The first kappa shape index (κ1) is 12.4. The Morgan fingerprint density at radius 1 is 1.67 bits per heavy atom. The molecule has 1 amide bonds. The molecule has 1 aromatic rings. The predicted molar refractivity (Wildman–Crippen MR) is 62.2 cm³/mol. The lowest BCUT2D eigenvalue weighted by molar-refractivity contribution is -0.385. The predicted octanol–water partition coefficient (Wildman–Crippen LogP) is 0.897. The number of aromatic nitrogens is 1. The quantitative estimate of drug-likeness (QED) is 0.619. The fraction of sp³-hybridized carbons (Fsp3) is 0.455. The summed E-state index contributed by atoms with van der Waals surface area (Å²) in [6, 6.07) is 2.62. The van der Waals surface area contributed by atoms with Gasteiger partial charge in [0.2, 0.25) is 0 Å². The van der Waals surface area contributed by atoms with Gasteiger partial charge in [-0.3, -0.25) is 14.9 Å². The molecule has 0 spiro atoms. The summed E-state index contributed by atoms with van der Waals surface area (Å²) in [4.78, 5) is 25.4. The van der Waals surface area contributed by atoms with Crippen molar-refractivity contribution in [2.75, 3.05) is 6.61 Å². The zero-order valence-electron chi connectivity index (χ0n) is 9.83. The molecule has 2 atom stereocenters. The number of carbonyl (C=O) groups excluding carboxylic acids is 1. The average molecular weight is 251 g/mol. The van der Waals surface area contributed by atoms with Crippen LogP contribution in [0.25, 0.3) is 0 Å². The first-order chi connectivity index (χ1) is 8.61. The van der Waals surface area contributed by atoms with Gasteiger partial charge in [-0.15, -0.1) is 0 Å². The molecule has 0 unspecified atom stereocenters. The molecule has 0 saturated heterocycles. The van der Waals surface area contributed by atoms with Gasteiger partial charge in [0.15, 0.2) is 0 Å². The molecule has 1 heterocycles. The number of nitro groups is 1. The van der Waals surface area contributed by atoms with Gasteiger partial charge in [-0.05, 0) is 19.4 Å². The van der Waals surface area contributed by atoms with E-state index in [0.29, 0.717) is 6.61 Å². The van der Waals surface area contributed by atoms with Gasteiger partial charge in [0.05, 0.1) is 17.1 Å². The zero-order valence-corrected chi connectivity index (χ0v) is 9.83. The maximum Gasteiger partial charge on any atom is 0.287 e. The minimum atomic E-state index is -0.555. The molecule has 1 fully saturated rings. The molecule has 1 saturated carbocycles. The van der Waals surface area contributed by atoms with Crippen LogP contribution in [0.15, 0.2) is 18.3 Å². The summed E-state index contributed by atoms with van der Waals surface area (Å²) >= 11 is 0. The highest BCUT2D eigenvalue weighted by molar-refractivity contribution is 5.92. The molecule has 1 N–H and O–H groups in total. The Morgan fingerprint density at radius 2 is 2.44 bits per heavy atom. The van der Waals surface area contributed by atoms with Crippen LogP contribution in [0, 0.1) is 10.1 Å². The second-order valence-electron chi connectivity index (χ2n) is 3.97. The van der Waals surface area contributed by atoms with Gasteiger partial charge < -0.3 is 10.1 Å². The van der Waals surface area contributed by atoms with Crippen LogP contribution in [0.4, 0.5) is 5.69 Å². The van der Waals surface area contributed by atoms with Crippen LogP contribution >= 0.6 is 0 Å². The van der Waals surface area contributed by atoms with Crippen LogP contribution in [-0.4, -0.2) is 34.6 Å². The van der Waals surface area contributed by atoms with E-state index in [1.54, 1.807) is 0 Å². The zero-order chi connectivity index (χ0) is 13.1. The van der Waals surface area contributed by atoms with Crippen molar-refractivity contribution in [1.29, 1.82) is 0 Å². The van der Waals surface area contributed by atoms with Crippen LogP contribution in [0.3, 0.4) is 0 Å².